The molecule has 7 nitrogen and oxygen atoms in total. The van der Waals surface area contributed by atoms with Crippen LogP contribution in [0.3, 0.4) is 0 Å². The van der Waals surface area contributed by atoms with Crippen LogP contribution in [0.5, 0.6) is 0 Å². The molecule has 0 amide bonds. The third kappa shape index (κ3) is 3.76. The van der Waals surface area contributed by atoms with Crippen molar-refractivity contribution >= 4 is 51.0 Å². The van der Waals surface area contributed by atoms with Crippen LogP contribution in [0.15, 0.2) is 48.5 Å². The number of anilines is 3. The number of hydrogen-bond donors (Lipinski definition) is 2. The number of non-ortho nitro benzene ring substituents is 1. The Hall–Kier alpha value is -2.97. The van der Waals surface area contributed by atoms with E-state index in [4.69, 9.17) is 17.3 Å². The van der Waals surface area contributed by atoms with E-state index in [0.717, 1.165) is 11.3 Å². The summed E-state index contributed by atoms with van der Waals surface area (Å²) in [6.07, 6.45) is 0. The lowest BCUT2D eigenvalue weighted by molar-refractivity contribution is -0.384. The summed E-state index contributed by atoms with van der Waals surface area (Å²) in [7, 11) is 0. The number of thiazole rings is 1. The zero-order valence-electron chi connectivity index (χ0n) is 12.6. The number of nitrogens with one attached hydrogen (secondary N) is 1. The molecule has 25 heavy (non-hydrogen) atoms. The summed E-state index contributed by atoms with van der Waals surface area (Å²) in [4.78, 5) is 27.3. The predicted octanol–water partition coefficient (Wildman–Crippen LogP) is 4.26. The summed E-state index contributed by atoms with van der Waals surface area (Å²) in [6.45, 7) is 0. The molecule has 0 unspecified atom stereocenters. The maximum absolute atomic E-state index is 12.5. The number of nitrogen functional groups attached to an aromatic ring is 1. The van der Waals surface area contributed by atoms with E-state index in [-0.39, 0.29) is 22.2 Å². The first-order chi connectivity index (χ1) is 11.9. The van der Waals surface area contributed by atoms with E-state index < -0.39 is 4.92 Å². The third-order valence-electron chi connectivity index (χ3n) is 3.27. The average molecular weight is 375 g/mol. The molecule has 3 aromatic rings. The van der Waals surface area contributed by atoms with Gasteiger partial charge >= 0.3 is 0 Å². The highest BCUT2D eigenvalue weighted by atomic mass is 35.5. The second kappa shape index (κ2) is 6.88. The molecule has 0 saturated heterocycles. The van der Waals surface area contributed by atoms with Gasteiger partial charge in [0, 0.05) is 28.4 Å². The van der Waals surface area contributed by atoms with E-state index in [9.17, 15) is 14.9 Å². The van der Waals surface area contributed by atoms with Crippen molar-refractivity contribution in [3.8, 4) is 0 Å². The Morgan fingerprint density at radius 1 is 1.24 bits per heavy atom. The molecule has 0 bridgehead atoms. The van der Waals surface area contributed by atoms with Crippen LogP contribution in [0.2, 0.25) is 5.02 Å². The van der Waals surface area contributed by atoms with Gasteiger partial charge in [0.05, 0.1) is 4.92 Å². The first-order valence-electron chi connectivity index (χ1n) is 7.02. The molecule has 0 saturated carbocycles. The molecular formula is C16H11ClN4O3S. The first kappa shape index (κ1) is 16.9. The Labute approximate surface area is 151 Å². The minimum absolute atomic E-state index is 0.0491. The monoisotopic (exact) mass is 374 g/mol. The van der Waals surface area contributed by atoms with Gasteiger partial charge in [-0.15, -0.1) is 0 Å². The summed E-state index contributed by atoms with van der Waals surface area (Å²) < 4.78 is 0. The van der Waals surface area contributed by atoms with Crippen LogP contribution in [0.25, 0.3) is 0 Å². The highest BCUT2D eigenvalue weighted by molar-refractivity contribution is 7.18. The standard InChI is InChI=1S/C16H11ClN4O3S/c17-10-6-4-9(5-7-10)13(22)14-15(18)20-16(25-14)19-11-2-1-3-12(8-11)21(23)24/h1-8H,18H2,(H,19,20). The van der Waals surface area contributed by atoms with Crippen molar-refractivity contribution in [3.63, 3.8) is 0 Å². The number of benzene rings is 2. The molecule has 1 heterocycles. The van der Waals surface area contributed by atoms with Crippen LogP contribution in [0, 0.1) is 10.1 Å². The van der Waals surface area contributed by atoms with Crippen molar-refractivity contribution in [2.24, 2.45) is 0 Å². The van der Waals surface area contributed by atoms with E-state index in [1.165, 1.54) is 12.1 Å². The minimum atomic E-state index is -0.489. The summed E-state index contributed by atoms with van der Waals surface area (Å²) in [5.74, 6) is -0.170. The summed E-state index contributed by atoms with van der Waals surface area (Å²) >= 11 is 6.90. The second-order valence-electron chi connectivity index (χ2n) is 5.00. The van der Waals surface area contributed by atoms with Gasteiger partial charge in [0.2, 0.25) is 5.78 Å². The van der Waals surface area contributed by atoms with Gasteiger partial charge in [-0.25, -0.2) is 4.98 Å². The Balaban J connectivity index is 1.85. The van der Waals surface area contributed by atoms with Crippen molar-refractivity contribution < 1.29 is 9.72 Å². The second-order valence-corrected chi connectivity index (χ2v) is 6.44. The number of nitro benzene ring substituents is 1. The first-order valence-corrected chi connectivity index (χ1v) is 8.21. The number of aromatic nitrogens is 1. The molecule has 0 aliphatic rings. The zero-order valence-corrected chi connectivity index (χ0v) is 14.2. The van der Waals surface area contributed by atoms with Crippen LogP contribution < -0.4 is 11.1 Å². The van der Waals surface area contributed by atoms with Crippen LogP contribution >= 0.6 is 22.9 Å². The number of hydrogen-bond acceptors (Lipinski definition) is 7. The van der Waals surface area contributed by atoms with Crippen LogP contribution in [0.1, 0.15) is 15.2 Å². The van der Waals surface area contributed by atoms with Gasteiger partial charge in [0.1, 0.15) is 10.7 Å². The number of nitro groups is 1. The summed E-state index contributed by atoms with van der Waals surface area (Å²) in [6, 6.07) is 12.4. The number of carbonyl (C=O) groups excluding carboxylic acids is 1. The van der Waals surface area contributed by atoms with Crippen LogP contribution in [-0.2, 0) is 0 Å². The number of nitrogens with zero attached hydrogens (tertiary/aromatic N) is 2. The topological polar surface area (TPSA) is 111 Å². The van der Waals surface area contributed by atoms with Crippen molar-refractivity contribution in [2.75, 3.05) is 11.1 Å². The van der Waals surface area contributed by atoms with Crippen molar-refractivity contribution in [3.05, 3.63) is 74.1 Å². The molecule has 1 aromatic heterocycles. The van der Waals surface area contributed by atoms with Gasteiger partial charge in [-0.3, -0.25) is 14.9 Å². The SMILES string of the molecule is Nc1nc(Nc2cccc([N+](=O)[O-])c2)sc1C(=O)c1ccc(Cl)cc1. The maximum atomic E-state index is 12.5. The molecule has 126 valence electrons. The predicted molar refractivity (Wildman–Crippen MR) is 97.8 cm³/mol. The van der Waals surface area contributed by atoms with Crippen molar-refractivity contribution in [1.82, 2.24) is 4.98 Å². The Morgan fingerprint density at radius 3 is 2.64 bits per heavy atom. The summed E-state index contributed by atoms with van der Waals surface area (Å²) in [5, 5.41) is 14.7. The van der Waals surface area contributed by atoms with Gasteiger partial charge in [-0.1, -0.05) is 29.0 Å². The minimum Gasteiger partial charge on any atom is -0.382 e. The zero-order chi connectivity index (χ0) is 18.0. The molecule has 0 spiro atoms. The van der Waals surface area contributed by atoms with Gasteiger partial charge in [0.25, 0.3) is 5.69 Å². The van der Waals surface area contributed by atoms with E-state index >= 15 is 0 Å². The number of ketones is 1. The van der Waals surface area contributed by atoms with E-state index in [1.54, 1.807) is 36.4 Å². The number of halogens is 1. The Bertz CT molecular complexity index is 956. The largest absolute Gasteiger partial charge is 0.382 e. The molecule has 0 radical (unpaired) electrons. The molecule has 0 aliphatic heterocycles. The van der Waals surface area contributed by atoms with E-state index in [1.807, 2.05) is 0 Å². The average Bonchev–Trinajstić information content (AvgIpc) is 2.95. The van der Waals surface area contributed by atoms with Gasteiger partial charge < -0.3 is 11.1 Å². The lowest BCUT2D eigenvalue weighted by Gasteiger charge is -2.01. The normalized spacial score (nSPS) is 10.4. The maximum Gasteiger partial charge on any atom is 0.271 e. The number of rotatable bonds is 5. The molecule has 0 fully saturated rings. The third-order valence-corrected chi connectivity index (χ3v) is 4.51. The van der Waals surface area contributed by atoms with Gasteiger partial charge in [0.15, 0.2) is 5.13 Å². The molecule has 0 atom stereocenters. The number of carbonyl (C=O) groups is 1. The molecule has 0 aliphatic carbocycles. The molecule has 2 aromatic carbocycles. The lowest BCUT2D eigenvalue weighted by Crippen LogP contribution is -2.02. The Morgan fingerprint density at radius 2 is 1.96 bits per heavy atom. The molecular weight excluding hydrogens is 364 g/mol. The fourth-order valence-electron chi connectivity index (χ4n) is 2.10. The highest BCUT2D eigenvalue weighted by Crippen LogP contribution is 2.30. The van der Waals surface area contributed by atoms with E-state index in [0.29, 0.717) is 21.4 Å². The van der Waals surface area contributed by atoms with Gasteiger partial charge in [-0.2, -0.15) is 0 Å². The molecule has 9 heteroatoms. The highest BCUT2D eigenvalue weighted by Gasteiger charge is 2.18. The Kier molecular flexibility index (Phi) is 4.64. The summed E-state index contributed by atoms with van der Waals surface area (Å²) in [5.41, 5.74) is 6.72. The van der Waals surface area contributed by atoms with Crippen molar-refractivity contribution in [2.45, 2.75) is 0 Å². The van der Waals surface area contributed by atoms with Gasteiger partial charge in [-0.05, 0) is 30.3 Å². The molecule has 3 rings (SSSR count). The molecule has 3 N–H and O–H groups in total. The van der Waals surface area contributed by atoms with E-state index in [2.05, 4.69) is 10.3 Å². The fraction of sp³-hybridized carbons (Fsp3) is 0. The fourth-order valence-corrected chi connectivity index (χ4v) is 3.09. The van der Waals surface area contributed by atoms with Crippen molar-refractivity contribution in [1.29, 1.82) is 0 Å². The van der Waals surface area contributed by atoms with Crippen LogP contribution in [-0.4, -0.2) is 15.7 Å². The lowest BCUT2D eigenvalue weighted by atomic mass is 10.1. The quantitative estimate of drug-likeness (QED) is 0.392. The van der Waals surface area contributed by atoms with Crippen LogP contribution in [0.4, 0.5) is 22.3 Å². The number of nitrogens with two attached hydrogens (primary N) is 1. The smallest absolute Gasteiger partial charge is 0.271 e.